The quantitative estimate of drug-likeness (QED) is 0.408. The first-order valence-electron chi connectivity index (χ1n) is 9.76. The molecule has 0 aromatic heterocycles. The average Bonchev–Trinajstić information content (AvgIpc) is 2.72. The van der Waals surface area contributed by atoms with Gasteiger partial charge in [-0.25, -0.2) is 13.2 Å². The number of rotatable bonds is 7. The van der Waals surface area contributed by atoms with Gasteiger partial charge in [0.25, 0.3) is 0 Å². The molecule has 0 amide bonds. The third-order valence-corrected chi connectivity index (χ3v) is 5.71. The molecule has 0 aliphatic rings. The highest BCUT2D eigenvalue weighted by Crippen LogP contribution is 2.27. The lowest BCUT2D eigenvalue weighted by atomic mass is 9.97. The van der Waals surface area contributed by atoms with Crippen molar-refractivity contribution in [2.24, 2.45) is 0 Å². The largest absolute Gasteiger partial charge is 0.491 e. The maximum atomic E-state index is 11.9. The number of aliphatic carboxylic acids is 1. The topological polar surface area (TPSA) is 80.7 Å². The first-order chi connectivity index (χ1) is 14.6. The molecule has 3 rings (SSSR count). The van der Waals surface area contributed by atoms with Gasteiger partial charge in [0.1, 0.15) is 5.75 Å². The fourth-order valence-electron chi connectivity index (χ4n) is 3.11. The van der Waals surface area contributed by atoms with Gasteiger partial charge < -0.3 is 9.84 Å². The van der Waals surface area contributed by atoms with Crippen LogP contribution in [0.3, 0.4) is 0 Å². The molecule has 0 atom stereocenters. The van der Waals surface area contributed by atoms with Crippen LogP contribution in [0, 0.1) is 0 Å². The number of carboxylic acids is 1. The Hall–Kier alpha value is -3.38. The van der Waals surface area contributed by atoms with Crippen LogP contribution in [0.2, 0.25) is 0 Å². The molecule has 3 aromatic rings. The summed E-state index contributed by atoms with van der Waals surface area (Å²) in [6.45, 7) is 3.93. The number of ether oxygens (including phenoxy) is 1. The van der Waals surface area contributed by atoms with E-state index in [0.717, 1.165) is 23.1 Å². The van der Waals surface area contributed by atoms with Crippen molar-refractivity contribution in [1.82, 2.24) is 0 Å². The number of benzene rings is 3. The Labute approximate surface area is 182 Å². The summed E-state index contributed by atoms with van der Waals surface area (Å²) < 4.78 is 28.9. The van der Waals surface area contributed by atoms with Crippen LogP contribution in [0.25, 0.3) is 22.8 Å². The van der Waals surface area contributed by atoms with E-state index >= 15 is 0 Å². The number of hydrogen-bond donors (Lipinski definition) is 1. The van der Waals surface area contributed by atoms with Crippen molar-refractivity contribution in [3.8, 4) is 16.9 Å². The molecular weight excluding hydrogens is 412 g/mol. The maximum absolute atomic E-state index is 11.9. The predicted octanol–water partition coefficient (Wildman–Crippen LogP) is 5.17. The van der Waals surface area contributed by atoms with Crippen LogP contribution >= 0.6 is 0 Å². The zero-order valence-corrected chi connectivity index (χ0v) is 18.4. The highest BCUT2D eigenvalue weighted by Gasteiger charge is 2.13. The Bertz CT molecular complexity index is 1210. The van der Waals surface area contributed by atoms with Gasteiger partial charge in [0.2, 0.25) is 0 Å². The zero-order valence-electron chi connectivity index (χ0n) is 17.6. The number of carbonyl (C=O) groups is 1. The normalized spacial score (nSPS) is 12.1. The molecule has 0 bridgehead atoms. The fourth-order valence-corrected chi connectivity index (χ4v) is 3.74. The average molecular weight is 437 g/mol. The fraction of sp³-hybridized carbons (Fsp3) is 0.160. The molecule has 0 aliphatic carbocycles. The molecule has 0 saturated heterocycles. The summed E-state index contributed by atoms with van der Waals surface area (Å²) in [7, 11) is -3.31. The summed E-state index contributed by atoms with van der Waals surface area (Å²) in [4.78, 5) is 12.1. The van der Waals surface area contributed by atoms with E-state index < -0.39 is 15.8 Å². The van der Waals surface area contributed by atoms with Crippen LogP contribution in [0.4, 0.5) is 0 Å². The molecule has 0 heterocycles. The Balaban J connectivity index is 1.94. The third-order valence-electron chi connectivity index (χ3n) is 4.58. The Kier molecular flexibility index (Phi) is 6.61. The van der Waals surface area contributed by atoms with Gasteiger partial charge >= 0.3 is 5.97 Å². The van der Waals surface area contributed by atoms with Gasteiger partial charge in [0, 0.05) is 6.26 Å². The van der Waals surface area contributed by atoms with Gasteiger partial charge in [-0.1, -0.05) is 42.5 Å². The van der Waals surface area contributed by atoms with Crippen molar-refractivity contribution in [3.05, 3.63) is 83.9 Å². The number of sulfone groups is 1. The zero-order chi connectivity index (χ0) is 22.6. The lowest BCUT2D eigenvalue weighted by molar-refractivity contribution is -0.130. The lowest BCUT2D eigenvalue weighted by Crippen LogP contribution is -2.05. The van der Waals surface area contributed by atoms with Crippen molar-refractivity contribution < 1.29 is 23.1 Å². The minimum absolute atomic E-state index is 0.0870. The summed E-state index contributed by atoms with van der Waals surface area (Å²) in [5.74, 6) is -0.288. The molecule has 0 spiro atoms. The molecule has 0 fully saturated rings. The van der Waals surface area contributed by atoms with E-state index in [-0.39, 0.29) is 16.6 Å². The molecule has 160 valence electrons. The Morgan fingerprint density at radius 1 is 0.935 bits per heavy atom. The third kappa shape index (κ3) is 5.83. The monoisotopic (exact) mass is 436 g/mol. The van der Waals surface area contributed by atoms with Crippen LogP contribution in [0.15, 0.2) is 77.7 Å². The smallest absolute Gasteiger partial charge is 0.336 e. The molecular formula is C25H24O5S. The predicted molar refractivity (Wildman–Crippen MR) is 123 cm³/mol. The van der Waals surface area contributed by atoms with Gasteiger partial charge in [-0.15, -0.1) is 0 Å². The van der Waals surface area contributed by atoms with E-state index in [1.165, 1.54) is 18.2 Å². The maximum Gasteiger partial charge on any atom is 0.336 e. The molecule has 6 heteroatoms. The minimum atomic E-state index is -3.31. The van der Waals surface area contributed by atoms with Gasteiger partial charge in [0.15, 0.2) is 9.84 Å². The van der Waals surface area contributed by atoms with Crippen LogP contribution in [-0.4, -0.2) is 31.9 Å². The van der Waals surface area contributed by atoms with E-state index in [1.54, 1.807) is 18.2 Å². The second kappa shape index (κ2) is 9.18. The summed E-state index contributed by atoms with van der Waals surface area (Å²) in [6, 6.07) is 21.1. The molecule has 3 aromatic carbocycles. The molecule has 1 N–H and O–H groups in total. The lowest BCUT2D eigenvalue weighted by Gasteiger charge is -2.11. The van der Waals surface area contributed by atoms with Crippen molar-refractivity contribution in [3.63, 3.8) is 0 Å². The van der Waals surface area contributed by atoms with Crippen LogP contribution in [0.1, 0.15) is 25.0 Å². The Morgan fingerprint density at radius 3 is 2.13 bits per heavy atom. The summed E-state index contributed by atoms with van der Waals surface area (Å²) in [5, 5.41) is 9.77. The minimum Gasteiger partial charge on any atom is -0.491 e. The summed E-state index contributed by atoms with van der Waals surface area (Å²) in [6.07, 6.45) is 2.75. The summed E-state index contributed by atoms with van der Waals surface area (Å²) >= 11 is 0. The number of hydrogen-bond acceptors (Lipinski definition) is 4. The SMILES string of the molecule is CC(C)Oc1ccc(-c2cccc(/C(=C\c3ccc(S(C)(=O)=O)cc3)C(=O)O)c2)cc1. The van der Waals surface area contributed by atoms with Crippen LogP contribution < -0.4 is 4.74 Å². The molecule has 5 nitrogen and oxygen atoms in total. The van der Waals surface area contributed by atoms with E-state index in [1.807, 2.05) is 56.3 Å². The first kappa shape index (κ1) is 22.3. The number of carboxylic acid groups (broad SMARTS) is 1. The Morgan fingerprint density at radius 2 is 1.58 bits per heavy atom. The van der Waals surface area contributed by atoms with E-state index in [4.69, 9.17) is 4.74 Å². The standard InChI is InChI=1S/C25H24O5S/c1-17(2)30-22-11-9-19(10-12-22)20-5-4-6-21(16-20)24(25(26)27)15-18-7-13-23(14-8-18)31(3,28)29/h4-17H,1-3H3,(H,26,27)/b24-15+. The van der Waals surface area contributed by atoms with Crippen molar-refractivity contribution in [2.45, 2.75) is 24.8 Å². The van der Waals surface area contributed by atoms with Gasteiger partial charge in [0.05, 0.1) is 16.6 Å². The second-order valence-corrected chi connectivity index (χ2v) is 9.49. The van der Waals surface area contributed by atoms with Gasteiger partial charge in [-0.3, -0.25) is 0 Å². The van der Waals surface area contributed by atoms with E-state index in [2.05, 4.69) is 0 Å². The van der Waals surface area contributed by atoms with Crippen LogP contribution in [0.5, 0.6) is 5.75 Å². The summed E-state index contributed by atoms with van der Waals surface area (Å²) in [5.41, 5.74) is 3.10. The van der Waals surface area contributed by atoms with Crippen molar-refractivity contribution in [2.75, 3.05) is 6.26 Å². The van der Waals surface area contributed by atoms with E-state index in [0.29, 0.717) is 11.1 Å². The molecule has 31 heavy (non-hydrogen) atoms. The molecule has 0 saturated carbocycles. The molecule has 0 radical (unpaired) electrons. The first-order valence-corrected chi connectivity index (χ1v) is 11.7. The van der Waals surface area contributed by atoms with Crippen molar-refractivity contribution in [1.29, 1.82) is 0 Å². The molecule has 0 unspecified atom stereocenters. The van der Waals surface area contributed by atoms with Crippen molar-refractivity contribution >= 4 is 27.5 Å². The van der Waals surface area contributed by atoms with Gasteiger partial charge in [-0.2, -0.15) is 0 Å². The van der Waals surface area contributed by atoms with E-state index in [9.17, 15) is 18.3 Å². The highest BCUT2D eigenvalue weighted by molar-refractivity contribution is 7.90. The van der Waals surface area contributed by atoms with Gasteiger partial charge in [-0.05, 0) is 72.5 Å². The second-order valence-electron chi connectivity index (χ2n) is 7.48. The van der Waals surface area contributed by atoms with Crippen LogP contribution in [-0.2, 0) is 14.6 Å². The molecule has 0 aliphatic heterocycles. The highest BCUT2D eigenvalue weighted by atomic mass is 32.2.